The standard InChI is InChI=1S/C9H16N6O2/c1-4-5-14(3)8-7(15(16)17)6(2)11-9(12-8)13-10/h4-5,10H2,1-3H3,(H,11,12,13). The summed E-state index contributed by atoms with van der Waals surface area (Å²) in [5.41, 5.74) is 2.50. The summed E-state index contributed by atoms with van der Waals surface area (Å²) in [5.74, 6) is 5.67. The van der Waals surface area contributed by atoms with E-state index in [1.165, 1.54) is 0 Å². The maximum Gasteiger partial charge on any atom is 0.332 e. The molecule has 1 heterocycles. The van der Waals surface area contributed by atoms with E-state index in [4.69, 9.17) is 5.84 Å². The maximum atomic E-state index is 11.0. The molecule has 0 spiro atoms. The van der Waals surface area contributed by atoms with Gasteiger partial charge in [0.2, 0.25) is 11.8 Å². The molecule has 0 aromatic carbocycles. The highest BCUT2D eigenvalue weighted by atomic mass is 16.6. The first kappa shape index (κ1) is 13.1. The van der Waals surface area contributed by atoms with Gasteiger partial charge in [-0.05, 0) is 13.3 Å². The highest BCUT2D eigenvalue weighted by Gasteiger charge is 2.24. The van der Waals surface area contributed by atoms with Gasteiger partial charge in [0.05, 0.1) is 4.92 Å². The van der Waals surface area contributed by atoms with Gasteiger partial charge < -0.3 is 4.90 Å². The van der Waals surface area contributed by atoms with Crippen molar-refractivity contribution in [3.05, 3.63) is 15.8 Å². The topological polar surface area (TPSA) is 110 Å². The third-order valence-electron chi connectivity index (χ3n) is 2.27. The number of nitrogens with one attached hydrogen (secondary N) is 1. The SMILES string of the molecule is CCCN(C)c1nc(NN)nc(C)c1[N+](=O)[O-]. The number of nitrogens with zero attached hydrogens (tertiary/aromatic N) is 4. The molecule has 0 amide bonds. The molecular weight excluding hydrogens is 224 g/mol. The molecule has 1 aromatic rings. The molecule has 0 unspecified atom stereocenters. The van der Waals surface area contributed by atoms with E-state index in [9.17, 15) is 10.1 Å². The van der Waals surface area contributed by atoms with Crippen LogP contribution in [0, 0.1) is 17.0 Å². The van der Waals surface area contributed by atoms with Crippen LogP contribution in [0.4, 0.5) is 17.5 Å². The van der Waals surface area contributed by atoms with E-state index in [0.717, 1.165) is 6.42 Å². The molecule has 1 aromatic heterocycles. The summed E-state index contributed by atoms with van der Waals surface area (Å²) >= 11 is 0. The van der Waals surface area contributed by atoms with Gasteiger partial charge in [-0.3, -0.25) is 15.5 Å². The third-order valence-corrected chi connectivity index (χ3v) is 2.27. The number of aromatic nitrogens is 2. The van der Waals surface area contributed by atoms with Gasteiger partial charge in [0.15, 0.2) is 0 Å². The Balaban J connectivity index is 3.31. The van der Waals surface area contributed by atoms with Crippen molar-refractivity contribution in [2.75, 3.05) is 23.9 Å². The summed E-state index contributed by atoms with van der Waals surface area (Å²) in [7, 11) is 1.75. The predicted octanol–water partition coefficient (Wildman–Crippen LogP) is 0.825. The minimum Gasteiger partial charge on any atom is -0.354 e. The number of hydrogen-bond acceptors (Lipinski definition) is 7. The second kappa shape index (κ2) is 5.39. The fourth-order valence-electron chi connectivity index (χ4n) is 1.54. The molecule has 1 rings (SSSR count). The van der Waals surface area contributed by atoms with E-state index in [1.807, 2.05) is 6.92 Å². The van der Waals surface area contributed by atoms with E-state index >= 15 is 0 Å². The molecule has 3 N–H and O–H groups in total. The van der Waals surface area contributed by atoms with Gasteiger partial charge in [0, 0.05) is 13.6 Å². The summed E-state index contributed by atoms with van der Waals surface area (Å²) in [6.45, 7) is 4.21. The van der Waals surface area contributed by atoms with Crippen molar-refractivity contribution in [3.63, 3.8) is 0 Å². The van der Waals surface area contributed by atoms with Crippen molar-refractivity contribution < 1.29 is 4.92 Å². The summed E-state index contributed by atoms with van der Waals surface area (Å²) in [6.07, 6.45) is 0.863. The quantitative estimate of drug-likeness (QED) is 0.445. The summed E-state index contributed by atoms with van der Waals surface area (Å²) in [5, 5.41) is 11.0. The van der Waals surface area contributed by atoms with Crippen molar-refractivity contribution >= 4 is 17.5 Å². The number of anilines is 2. The van der Waals surface area contributed by atoms with Crippen molar-refractivity contribution in [2.24, 2.45) is 5.84 Å². The van der Waals surface area contributed by atoms with E-state index < -0.39 is 4.92 Å². The lowest BCUT2D eigenvalue weighted by Gasteiger charge is -2.18. The Hall–Kier alpha value is -1.96. The molecule has 0 aliphatic carbocycles. The number of nitrogens with two attached hydrogens (primary N) is 1. The lowest BCUT2D eigenvalue weighted by Crippen LogP contribution is -2.23. The molecule has 0 aliphatic heterocycles. The van der Waals surface area contributed by atoms with E-state index in [0.29, 0.717) is 6.54 Å². The Morgan fingerprint density at radius 2 is 2.18 bits per heavy atom. The summed E-state index contributed by atoms with van der Waals surface area (Å²) < 4.78 is 0. The van der Waals surface area contributed by atoms with Gasteiger partial charge in [-0.2, -0.15) is 4.98 Å². The van der Waals surface area contributed by atoms with Crippen molar-refractivity contribution in [1.29, 1.82) is 0 Å². The second-order valence-electron chi connectivity index (χ2n) is 3.63. The van der Waals surface area contributed by atoms with Gasteiger partial charge in [0.25, 0.3) is 0 Å². The van der Waals surface area contributed by atoms with E-state index in [2.05, 4.69) is 15.4 Å². The number of rotatable bonds is 5. The Kier molecular flexibility index (Phi) is 4.16. The zero-order chi connectivity index (χ0) is 13.0. The third kappa shape index (κ3) is 2.78. The molecule has 0 fully saturated rings. The number of hydrogen-bond donors (Lipinski definition) is 2. The first-order valence-electron chi connectivity index (χ1n) is 5.22. The first-order chi connectivity index (χ1) is 8.01. The van der Waals surface area contributed by atoms with Crippen LogP contribution >= 0.6 is 0 Å². The largest absolute Gasteiger partial charge is 0.354 e. The average Bonchev–Trinajstić information content (AvgIpc) is 2.27. The van der Waals surface area contributed by atoms with Crippen LogP contribution in [0.5, 0.6) is 0 Å². The molecular formula is C9H16N6O2. The Morgan fingerprint density at radius 1 is 1.53 bits per heavy atom. The Morgan fingerprint density at radius 3 is 2.65 bits per heavy atom. The van der Waals surface area contributed by atoms with Crippen LogP contribution < -0.4 is 16.2 Å². The fraction of sp³-hybridized carbons (Fsp3) is 0.556. The van der Waals surface area contributed by atoms with Crippen LogP contribution in [0.2, 0.25) is 0 Å². The summed E-state index contributed by atoms with van der Waals surface area (Å²) in [4.78, 5) is 20.2. The normalized spacial score (nSPS) is 10.1. The molecule has 8 nitrogen and oxygen atoms in total. The lowest BCUT2D eigenvalue weighted by molar-refractivity contribution is -0.385. The molecule has 0 saturated heterocycles. The fourth-order valence-corrected chi connectivity index (χ4v) is 1.54. The highest BCUT2D eigenvalue weighted by Crippen LogP contribution is 2.28. The van der Waals surface area contributed by atoms with Crippen LogP contribution in [0.3, 0.4) is 0 Å². The van der Waals surface area contributed by atoms with Gasteiger partial charge in [-0.25, -0.2) is 10.8 Å². The monoisotopic (exact) mass is 240 g/mol. The van der Waals surface area contributed by atoms with Crippen molar-refractivity contribution in [1.82, 2.24) is 9.97 Å². The highest BCUT2D eigenvalue weighted by molar-refractivity contribution is 5.61. The number of aryl methyl sites for hydroxylation is 1. The molecule has 0 aliphatic rings. The molecule has 0 radical (unpaired) electrons. The molecule has 8 heteroatoms. The Labute approximate surface area is 99.0 Å². The number of nitro groups is 1. The second-order valence-corrected chi connectivity index (χ2v) is 3.63. The van der Waals surface area contributed by atoms with Crippen LogP contribution in [0.1, 0.15) is 19.0 Å². The minimum atomic E-state index is -0.475. The smallest absolute Gasteiger partial charge is 0.332 e. The first-order valence-corrected chi connectivity index (χ1v) is 5.22. The Bertz CT molecular complexity index is 422. The summed E-state index contributed by atoms with van der Waals surface area (Å²) in [6, 6.07) is 0. The molecule has 0 atom stereocenters. The number of nitrogen functional groups attached to an aromatic ring is 1. The van der Waals surface area contributed by atoms with Crippen molar-refractivity contribution in [3.8, 4) is 0 Å². The van der Waals surface area contributed by atoms with Crippen LogP contribution in [0.25, 0.3) is 0 Å². The van der Waals surface area contributed by atoms with E-state index in [-0.39, 0.29) is 23.1 Å². The van der Waals surface area contributed by atoms with Crippen LogP contribution in [0.15, 0.2) is 0 Å². The van der Waals surface area contributed by atoms with E-state index in [1.54, 1.807) is 18.9 Å². The molecule has 94 valence electrons. The molecule has 0 saturated carbocycles. The lowest BCUT2D eigenvalue weighted by atomic mass is 10.3. The van der Waals surface area contributed by atoms with Crippen LogP contribution in [-0.4, -0.2) is 28.5 Å². The maximum absolute atomic E-state index is 11.0. The van der Waals surface area contributed by atoms with Gasteiger partial charge >= 0.3 is 5.69 Å². The average molecular weight is 240 g/mol. The van der Waals surface area contributed by atoms with Crippen molar-refractivity contribution in [2.45, 2.75) is 20.3 Å². The van der Waals surface area contributed by atoms with Gasteiger partial charge in [-0.1, -0.05) is 6.92 Å². The molecule has 17 heavy (non-hydrogen) atoms. The predicted molar refractivity (Wildman–Crippen MR) is 64.8 cm³/mol. The zero-order valence-electron chi connectivity index (χ0n) is 10.1. The van der Waals surface area contributed by atoms with Gasteiger partial charge in [-0.15, -0.1) is 0 Å². The van der Waals surface area contributed by atoms with Crippen LogP contribution in [-0.2, 0) is 0 Å². The number of hydrazine groups is 1. The van der Waals surface area contributed by atoms with Gasteiger partial charge in [0.1, 0.15) is 5.69 Å². The minimum absolute atomic E-state index is 0.0834. The zero-order valence-corrected chi connectivity index (χ0v) is 10.1. The molecule has 0 bridgehead atoms.